The third-order valence-corrected chi connectivity index (χ3v) is 4.80. The molecule has 1 rings (SSSR count). The minimum atomic E-state index is -0.644. The molecule has 0 N–H and O–H groups in total. The monoisotopic (exact) mass is 180 g/mol. The third-order valence-electron chi connectivity index (χ3n) is 1.85. The second-order valence-electron chi connectivity index (χ2n) is 3.78. The Bertz CT molecular complexity index is 121. The summed E-state index contributed by atoms with van der Waals surface area (Å²) in [6.07, 6.45) is 1.14. The molecule has 0 radical (unpaired) electrons. The molecule has 0 aliphatic carbocycles. The highest BCUT2D eigenvalue weighted by molar-refractivity contribution is 7.80. The van der Waals surface area contributed by atoms with Crippen LogP contribution in [-0.4, -0.2) is 12.3 Å². The van der Waals surface area contributed by atoms with E-state index in [1.165, 1.54) is 0 Å². The molecule has 0 amide bonds. The van der Waals surface area contributed by atoms with Crippen LogP contribution in [0.25, 0.3) is 0 Å². The standard InChI is InChI=1S/C7H14ClOP/c1-7(2,3)6-4-5-9-10(6)8/h6H,4-5H2,1-3H3. The predicted octanol–water partition coefficient (Wildman–Crippen LogP) is 3.37. The summed E-state index contributed by atoms with van der Waals surface area (Å²) in [4.78, 5) is 0. The van der Waals surface area contributed by atoms with Crippen molar-refractivity contribution in [3.63, 3.8) is 0 Å². The average Bonchev–Trinajstić information content (AvgIpc) is 2.11. The summed E-state index contributed by atoms with van der Waals surface area (Å²) in [6.45, 7) is 7.54. The minimum Gasteiger partial charge on any atom is -0.343 e. The van der Waals surface area contributed by atoms with Crippen molar-refractivity contribution < 1.29 is 4.52 Å². The van der Waals surface area contributed by atoms with Crippen molar-refractivity contribution in [2.24, 2.45) is 5.41 Å². The van der Waals surface area contributed by atoms with Crippen LogP contribution < -0.4 is 0 Å². The van der Waals surface area contributed by atoms with Gasteiger partial charge in [-0.25, -0.2) is 0 Å². The SMILES string of the molecule is CC(C)(C)C1CCOP1Cl. The van der Waals surface area contributed by atoms with Crippen LogP contribution >= 0.6 is 18.7 Å². The molecule has 1 saturated heterocycles. The fourth-order valence-electron chi connectivity index (χ4n) is 1.18. The molecule has 1 aliphatic heterocycles. The normalized spacial score (nSPS) is 34.8. The molecule has 1 heterocycles. The van der Waals surface area contributed by atoms with Crippen molar-refractivity contribution in [1.82, 2.24) is 0 Å². The first-order chi connectivity index (χ1) is 4.52. The van der Waals surface area contributed by atoms with E-state index >= 15 is 0 Å². The highest BCUT2D eigenvalue weighted by Crippen LogP contribution is 2.59. The predicted molar refractivity (Wildman–Crippen MR) is 46.6 cm³/mol. The molecule has 1 fully saturated rings. The van der Waals surface area contributed by atoms with Crippen molar-refractivity contribution in [3.8, 4) is 0 Å². The van der Waals surface area contributed by atoms with Crippen LogP contribution in [0.5, 0.6) is 0 Å². The topological polar surface area (TPSA) is 9.23 Å². The molecule has 0 spiro atoms. The smallest absolute Gasteiger partial charge is 0.128 e. The Morgan fingerprint density at radius 1 is 1.50 bits per heavy atom. The Balaban J connectivity index is 2.55. The van der Waals surface area contributed by atoms with Crippen molar-refractivity contribution in [1.29, 1.82) is 0 Å². The average molecular weight is 181 g/mol. The molecule has 1 nitrogen and oxygen atoms in total. The number of halogens is 1. The summed E-state index contributed by atoms with van der Waals surface area (Å²) >= 11 is 6.01. The summed E-state index contributed by atoms with van der Waals surface area (Å²) in [5, 5.41) is 0. The molecular formula is C7H14ClOP. The summed E-state index contributed by atoms with van der Waals surface area (Å²) < 4.78 is 5.32. The maximum absolute atomic E-state index is 6.01. The van der Waals surface area contributed by atoms with Crippen LogP contribution in [0.1, 0.15) is 27.2 Å². The first-order valence-corrected chi connectivity index (χ1v) is 5.83. The molecule has 2 atom stereocenters. The van der Waals surface area contributed by atoms with Gasteiger partial charge in [-0.3, -0.25) is 0 Å². The summed E-state index contributed by atoms with van der Waals surface area (Å²) in [6, 6.07) is 0. The maximum Gasteiger partial charge on any atom is 0.128 e. The maximum atomic E-state index is 6.01. The molecule has 2 unspecified atom stereocenters. The second-order valence-corrected chi connectivity index (χ2v) is 6.20. The van der Waals surface area contributed by atoms with Gasteiger partial charge in [-0.15, -0.1) is 0 Å². The van der Waals surface area contributed by atoms with E-state index in [9.17, 15) is 0 Å². The molecule has 3 heteroatoms. The van der Waals surface area contributed by atoms with E-state index in [1.54, 1.807) is 0 Å². The number of hydrogen-bond donors (Lipinski definition) is 0. The van der Waals surface area contributed by atoms with Crippen LogP contribution in [0.2, 0.25) is 0 Å². The summed E-state index contributed by atoms with van der Waals surface area (Å²) in [7, 11) is -0.644. The highest BCUT2D eigenvalue weighted by atomic mass is 35.7. The molecule has 0 bridgehead atoms. The molecule has 0 aromatic carbocycles. The van der Waals surface area contributed by atoms with Gasteiger partial charge in [0, 0.05) is 5.66 Å². The Morgan fingerprint density at radius 3 is 2.30 bits per heavy atom. The molecule has 0 aromatic heterocycles. The van der Waals surface area contributed by atoms with E-state index in [1.807, 2.05) is 0 Å². The zero-order valence-corrected chi connectivity index (χ0v) is 8.38. The highest BCUT2D eigenvalue weighted by Gasteiger charge is 2.36. The van der Waals surface area contributed by atoms with Gasteiger partial charge in [0.05, 0.1) is 6.61 Å². The Morgan fingerprint density at radius 2 is 2.10 bits per heavy atom. The quantitative estimate of drug-likeness (QED) is 0.520. The first-order valence-electron chi connectivity index (χ1n) is 3.60. The van der Waals surface area contributed by atoms with Gasteiger partial charge < -0.3 is 4.52 Å². The fraction of sp³-hybridized carbons (Fsp3) is 1.00. The summed E-state index contributed by atoms with van der Waals surface area (Å²) in [5.74, 6) is 0. The largest absolute Gasteiger partial charge is 0.343 e. The van der Waals surface area contributed by atoms with Crippen LogP contribution in [-0.2, 0) is 4.52 Å². The minimum absolute atomic E-state index is 0.323. The van der Waals surface area contributed by atoms with Crippen LogP contribution in [0.4, 0.5) is 0 Å². The van der Waals surface area contributed by atoms with Crippen LogP contribution in [0, 0.1) is 5.41 Å². The molecule has 60 valence electrons. The van der Waals surface area contributed by atoms with E-state index in [2.05, 4.69) is 20.8 Å². The van der Waals surface area contributed by atoms with Gasteiger partial charge >= 0.3 is 0 Å². The zero-order chi connectivity index (χ0) is 7.78. The lowest BCUT2D eigenvalue weighted by Crippen LogP contribution is -2.20. The molecule has 0 saturated carbocycles. The van der Waals surface area contributed by atoms with Gasteiger partial charge in [0.15, 0.2) is 0 Å². The van der Waals surface area contributed by atoms with Crippen LogP contribution in [0.3, 0.4) is 0 Å². The number of rotatable bonds is 0. The summed E-state index contributed by atoms with van der Waals surface area (Å²) in [5.41, 5.74) is 0.911. The van der Waals surface area contributed by atoms with Gasteiger partial charge in [0.25, 0.3) is 0 Å². The van der Waals surface area contributed by atoms with Gasteiger partial charge in [-0.05, 0) is 11.8 Å². The van der Waals surface area contributed by atoms with E-state index in [0.717, 1.165) is 13.0 Å². The van der Waals surface area contributed by atoms with Gasteiger partial charge in [0.2, 0.25) is 0 Å². The lowest BCUT2D eigenvalue weighted by Gasteiger charge is -2.27. The second kappa shape index (κ2) is 2.97. The van der Waals surface area contributed by atoms with Gasteiger partial charge in [0.1, 0.15) is 7.50 Å². The lowest BCUT2D eigenvalue weighted by atomic mass is 9.90. The molecule has 10 heavy (non-hydrogen) atoms. The molecule has 0 aromatic rings. The number of hydrogen-bond acceptors (Lipinski definition) is 1. The zero-order valence-electron chi connectivity index (χ0n) is 6.72. The molecule has 1 aliphatic rings. The van der Waals surface area contributed by atoms with Crippen molar-refractivity contribution in [2.75, 3.05) is 6.61 Å². The lowest BCUT2D eigenvalue weighted by molar-refractivity contribution is 0.361. The van der Waals surface area contributed by atoms with Crippen LogP contribution in [0.15, 0.2) is 0 Å². The third kappa shape index (κ3) is 1.84. The Kier molecular flexibility index (Phi) is 2.60. The molecular weight excluding hydrogens is 167 g/mol. The van der Waals surface area contributed by atoms with Crippen molar-refractivity contribution >= 4 is 18.7 Å². The fourth-order valence-corrected chi connectivity index (χ4v) is 3.94. The van der Waals surface area contributed by atoms with E-state index in [-0.39, 0.29) is 0 Å². The van der Waals surface area contributed by atoms with Crippen molar-refractivity contribution in [3.05, 3.63) is 0 Å². The van der Waals surface area contributed by atoms with E-state index in [0.29, 0.717) is 11.1 Å². The van der Waals surface area contributed by atoms with E-state index in [4.69, 9.17) is 15.8 Å². The first kappa shape index (κ1) is 8.77. The van der Waals surface area contributed by atoms with Gasteiger partial charge in [-0.2, -0.15) is 0 Å². The Labute approximate surface area is 68.7 Å². The van der Waals surface area contributed by atoms with Crippen molar-refractivity contribution in [2.45, 2.75) is 32.9 Å². The van der Waals surface area contributed by atoms with Gasteiger partial charge in [-0.1, -0.05) is 32.0 Å². The van der Waals surface area contributed by atoms with E-state index < -0.39 is 7.50 Å². The Hall–Kier alpha value is 0.680.